The van der Waals surface area contributed by atoms with Gasteiger partial charge in [0.2, 0.25) is 6.79 Å². The molecule has 2 heterocycles. The first kappa shape index (κ1) is 13.6. The van der Waals surface area contributed by atoms with E-state index in [0.29, 0.717) is 34.0 Å². The van der Waals surface area contributed by atoms with Crippen molar-refractivity contribution in [2.75, 3.05) is 12.5 Å². The minimum absolute atomic E-state index is 0.166. The highest BCUT2D eigenvalue weighted by molar-refractivity contribution is 5.89. The Hall–Kier alpha value is -3.08. The van der Waals surface area contributed by atoms with Crippen LogP contribution < -0.4 is 15.2 Å². The van der Waals surface area contributed by atoms with Crippen LogP contribution in [0.1, 0.15) is 0 Å². The Morgan fingerprint density at radius 1 is 0.913 bits per heavy atom. The van der Waals surface area contributed by atoms with Gasteiger partial charge in [0.15, 0.2) is 11.5 Å². The summed E-state index contributed by atoms with van der Waals surface area (Å²) in [6, 6.07) is 13.8. The number of nitrogen functional groups attached to an aromatic ring is 1. The molecule has 23 heavy (non-hydrogen) atoms. The van der Waals surface area contributed by atoms with E-state index in [1.807, 2.05) is 18.2 Å². The zero-order valence-electron chi connectivity index (χ0n) is 12.1. The second-order valence-corrected chi connectivity index (χ2v) is 5.14. The van der Waals surface area contributed by atoms with Gasteiger partial charge in [-0.3, -0.25) is 4.98 Å². The molecule has 0 saturated carbocycles. The molecule has 1 aromatic heterocycles. The summed E-state index contributed by atoms with van der Waals surface area (Å²) in [4.78, 5) is 4.36. The first-order chi connectivity index (χ1) is 11.3. The molecule has 4 rings (SSSR count). The van der Waals surface area contributed by atoms with Gasteiger partial charge in [-0.1, -0.05) is 24.3 Å². The topological polar surface area (TPSA) is 57.4 Å². The number of hydrogen-bond donors (Lipinski definition) is 1. The van der Waals surface area contributed by atoms with E-state index in [1.54, 1.807) is 30.5 Å². The number of hydrogen-bond acceptors (Lipinski definition) is 4. The van der Waals surface area contributed by atoms with Crippen LogP contribution in [0.15, 0.2) is 54.7 Å². The lowest BCUT2D eigenvalue weighted by Crippen LogP contribution is -1.99. The molecule has 5 heteroatoms. The van der Waals surface area contributed by atoms with Crippen molar-refractivity contribution in [3.63, 3.8) is 0 Å². The van der Waals surface area contributed by atoms with Gasteiger partial charge in [0.05, 0.1) is 11.4 Å². The minimum Gasteiger partial charge on any atom is -0.454 e. The second-order valence-electron chi connectivity index (χ2n) is 5.14. The van der Waals surface area contributed by atoms with Crippen LogP contribution in [0.3, 0.4) is 0 Å². The molecule has 0 amide bonds. The molecule has 0 spiro atoms. The number of aromatic nitrogens is 1. The average Bonchev–Trinajstić information content (AvgIpc) is 3.05. The molecule has 1 aliphatic heterocycles. The van der Waals surface area contributed by atoms with Crippen LogP contribution in [0.5, 0.6) is 11.5 Å². The Bertz CT molecular complexity index is 896. The van der Waals surface area contributed by atoms with E-state index in [9.17, 15) is 4.39 Å². The van der Waals surface area contributed by atoms with E-state index in [4.69, 9.17) is 15.2 Å². The van der Waals surface area contributed by atoms with Crippen molar-refractivity contribution in [1.82, 2.24) is 4.98 Å². The van der Waals surface area contributed by atoms with Gasteiger partial charge in [-0.15, -0.1) is 0 Å². The summed E-state index contributed by atoms with van der Waals surface area (Å²) in [5.41, 5.74) is 9.01. The summed E-state index contributed by atoms with van der Waals surface area (Å²) >= 11 is 0. The number of benzene rings is 2. The molecular formula is C18H13FN2O2. The number of pyridine rings is 1. The van der Waals surface area contributed by atoms with Gasteiger partial charge < -0.3 is 15.2 Å². The standard InChI is InChI=1S/C18H13FN2O2/c19-14-6-2-1-4-11(14)12-8-9-21-17(16(12)20)13-5-3-7-15-18(13)23-10-22-15/h1-9H,10,20H2. The van der Waals surface area contributed by atoms with Crippen molar-refractivity contribution in [3.05, 3.63) is 60.5 Å². The first-order valence-corrected chi connectivity index (χ1v) is 7.14. The number of rotatable bonds is 2. The predicted molar refractivity (Wildman–Crippen MR) is 85.6 cm³/mol. The van der Waals surface area contributed by atoms with Crippen molar-refractivity contribution in [1.29, 1.82) is 0 Å². The Morgan fingerprint density at radius 2 is 1.74 bits per heavy atom. The van der Waals surface area contributed by atoms with Crippen molar-refractivity contribution < 1.29 is 13.9 Å². The molecule has 114 valence electrons. The summed E-state index contributed by atoms with van der Waals surface area (Å²) < 4.78 is 25.0. The van der Waals surface area contributed by atoms with Crippen LogP contribution in [-0.4, -0.2) is 11.8 Å². The number of halogens is 1. The van der Waals surface area contributed by atoms with Gasteiger partial charge in [0.1, 0.15) is 5.82 Å². The number of nitrogens with zero attached hydrogens (tertiary/aromatic N) is 1. The molecule has 0 aliphatic carbocycles. The summed E-state index contributed by atoms with van der Waals surface area (Å²) in [7, 11) is 0. The molecule has 0 fully saturated rings. The maximum atomic E-state index is 14.1. The summed E-state index contributed by atoms with van der Waals surface area (Å²) in [5, 5.41) is 0. The number of anilines is 1. The van der Waals surface area contributed by atoms with Crippen LogP contribution in [0, 0.1) is 5.82 Å². The highest BCUT2D eigenvalue weighted by atomic mass is 19.1. The Balaban J connectivity index is 1.91. The SMILES string of the molecule is Nc1c(-c2ccccc2F)ccnc1-c1cccc2c1OCO2. The van der Waals surface area contributed by atoms with Crippen LogP contribution in [0.25, 0.3) is 22.4 Å². The van der Waals surface area contributed by atoms with Crippen LogP contribution in [0.2, 0.25) is 0 Å². The third-order valence-corrected chi connectivity index (χ3v) is 3.81. The predicted octanol–water partition coefficient (Wildman–Crippen LogP) is 3.87. The smallest absolute Gasteiger partial charge is 0.231 e. The third kappa shape index (κ3) is 2.17. The maximum absolute atomic E-state index is 14.1. The Kier molecular flexibility index (Phi) is 3.12. The van der Waals surface area contributed by atoms with Crippen molar-refractivity contribution >= 4 is 5.69 Å². The Morgan fingerprint density at radius 3 is 2.61 bits per heavy atom. The van der Waals surface area contributed by atoms with E-state index >= 15 is 0 Å². The number of nitrogens with two attached hydrogens (primary N) is 1. The van der Waals surface area contributed by atoms with E-state index in [0.717, 1.165) is 5.56 Å². The van der Waals surface area contributed by atoms with Gasteiger partial charge in [0.25, 0.3) is 0 Å². The van der Waals surface area contributed by atoms with Gasteiger partial charge >= 0.3 is 0 Å². The number of ether oxygens (including phenoxy) is 2. The van der Waals surface area contributed by atoms with E-state index in [-0.39, 0.29) is 12.6 Å². The fourth-order valence-electron chi connectivity index (χ4n) is 2.72. The molecule has 1 aliphatic rings. The zero-order chi connectivity index (χ0) is 15.8. The number of fused-ring (bicyclic) bond motifs is 1. The molecule has 0 atom stereocenters. The highest BCUT2D eigenvalue weighted by Crippen LogP contribution is 2.43. The van der Waals surface area contributed by atoms with Crippen molar-refractivity contribution in [3.8, 4) is 33.9 Å². The normalized spacial score (nSPS) is 12.4. The van der Waals surface area contributed by atoms with Crippen LogP contribution >= 0.6 is 0 Å². The van der Waals surface area contributed by atoms with Gasteiger partial charge in [-0.2, -0.15) is 0 Å². The van der Waals surface area contributed by atoms with Gasteiger partial charge in [0, 0.05) is 22.9 Å². The molecule has 3 aromatic rings. The average molecular weight is 308 g/mol. The summed E-state index contributed by atoms with van der Waals surface area (Å²) in [6.45, 7) is 0.166. The third-order valence-electron chi connectivity index (χ3n) is 3.81. The molecular weight excluding hydrogens is 295 g/mol. The summed E-state index contributed by atoms with van der Waals surface area (Å²) in [5.74, 6) is 0.937. The van der Waals surface area contributed by atoms with Crippen molar-refractivity contribution in [2.24, 2.45) is 0 Å². The molecule has 0 saturated heterocycles. The Labute approximate surface area is 132 Å². The molecule has 2 aromatic carbocycles. The molecule has 0 radical (unpaired) electrons. The van der Waals surface area contributed by atoms with Crippen LogP contribution in [0.4, 0.5) is 10.1 Å². The molecule has 0 unspecified atom stereocenters. The quantitative estimate of drug-likeness (QED) is 0.781. The largest absolute Gasteiger partial charge is 0.454 e. The molecule has 4 nitrogen and oxygen atoms in total. The van der Waals surface area contributed by atoms with Gasteiger partial charge in [-0.25, -0.2) is 4.39 Å². The highest BCUT2D eigenvalue weighted by Gasteiger charge is 2.22. The number of para-hydroxylation sites is 1. The van der Waals surface area contributed by atoms with Gasteiger partial charge in [-0.05, 0) is 24.3 Å². The maximum Gasteiger partial charge on any atom is 0.231 e. The molecule has 2 N–H and O–H groups in total. The minimum atomic E-state index is -0.325. The monoisotopic (exact) mass is 308 g/mol. The summed E-state index contributed by atoms with van der Waals surface area (Å²) in [6.07, 6.45) is 1.61. The fourth-order valence-corrected chi connectivity index (χ4v) is 2.72. The lowest BCUT2D eigenvalue weighted by atomic mass is 10.00. The van der Waals surface area contributed by atoms with E-state index in [2.05, 4.69) is 4.98 Å². The van der Waals surface area contributed by atoms with E-state index in [1.165, 1.54) is 6.07 Å². The first-order valence-electron chi connectivity index (χ1n) is 7.14. The van der Waals surface area contributed by atoms with Crippen molar-refractivity contribution in [2.45, 2.75) is 0 Å². The zero-order valence-corrected chi connectivity index (χ0v) is 12.1. The molecule has 0 bridgehead atoms. The lowest BCUT2D eigenvalue weighted by Gasteiger charge is -2.12. The fraction of sp³-hybridized carbons (Fsp3) is 0.0556. The second kappa shape index (κ2) is 5.28. The van der Waals surface area contributed by atoms with Crippen LogP contribution in [-0.2, 0) is 0 Å². The lowest BCUT2D eigenvalue weighted by molar-refractivity contribution is 0.174. The van der Waals surface area contributed by atoms with E-state index < -0.39 is 0 Å².